The van der Waals surface area contributed by atoms with Crippen LogP contribution in [-0.4, -0.2) is 12.1 Å². The SMILES string of the molecule is C#CCCCCC#CC(CCCC#Cc1ccccc1)OC(=O)C(C)(C)C. The molecule has 0 heterocycles. The zero-order valence-corrected chi connectivity index (χ0v) is 16.8. The third-order valence-corrected chi connectivity index (χ3v) is 3.77. The number of carbonyl (C=O) groups excluding carboxylic acids is 1. The van der Waals surface area contributed by atoms with Crippen molar-refractivity contribution < 1.29 is 9.53 Å². The van der Waals surface area contributed by atoms with Crippen molar-refractivity contribution in [3.05, 3.63) is 35.9 Å². The molecular formula is C25H30O2. The van der Waals surface area contributed by atoms with Crippen molar-refractivity contribution in [3.8, 4) is 36.0 Å². The molecule has 1 aromatic carbocycles. The number of ether oxygens (including phenoxy) is 1. The maximum absolute atomic E-state index is 12.2. The van der Waals surface area contributed by atoms with E-state index in [9.17, 15) is 4.79 Å². The lowest BCUT2D eigenvalue weighted by Crippen LogP contribution is -2.27. The first-order valence-corrected chi connectivity index (χ1v) is 9.60. The zero-order valence-electron chi connectivity index (χ0n) is 16.8. The number of carbonyl (C=O) groups is 1. The molecule has 0 N–H and O–H groups in total. The molecule has 0 aliphatic rings. The highest BCUT2D eigenvalue weighted by atomic mass is 16.5. The molecule has 0 saturated carbocycles. The molecule has 0 aromatic heterocycles. The average Bonchev–Trinajstić information content (AvgIpc) is 2.64. The van der Waals surface area contributed by atoms with Gasteiger partial charge >= 0.3 is 5.97 Å². The Balaban J connectivity index is 2.52. The van der Waals surface area contributed by atoms with Gasteiger partial charge in [0, 0.05) is 24.8 Å². The van der Waals surface area contributed by atoms with Gasteiger partial charge in [-0.2, -0.15) is 0 Å². The molecule has 2 nitrogen and oxygen atoms in total. The van der Waals surface area contributed by atoms with Crippen LogP contribution in [0.25, 0.3) is 0 Å². The molecule has 0 saturated heterocycles. The van der Waals surface area contributed by atoms with E-state index in [2.05, 4.69) is 29.6 Å². The lowest BCUT2D eigenvalue weighted by Gasteiger charge is -2.20. The van der Waals surface area contributed by atoms with Crippen LogP contribution in [0, 0.1) is 41.4 Å². The van der Waals surface area contributed by atoms with Crippen LogP contribution in [0.2, 0.25) is 0 Å². The van der Waals surface area contributed by atoms with E-state index in [1.54, 1.807) is 0 Å². The van der Waals surface area contributed by atoms with Crippen molar-refractivity contribution in [2.24, 2.45) is 5.41 Å². The summed E-state index contributed by atoms with van der Waals surface area (Å²) in [5.74, 6) is 15.0. The fourth-order valence-corrected chi connectivity index (χ4v) is 2.15. The minimum absolute atomic E-state index is 0.218. The van der Waals surface area contributed by atoms with Crippen molar-refractivity contribution in [2.75, 3.05) is 0 Å². The van der Waals surface area contributed by atoms with Gasteiger partial charge in [0.05, 0.1) is 5.41 Å². The monoisotopic (exact) mass is 362 g/mol. The first-order valence-electron chi connectivity index (χ1n) is 9.60. The molecule has 2 heteroatoms. The molecular weight excluding hydrogens is 332 g/mol. The molecule has 0 aliphatic carbocycles. The predicted octanol–water partition coefficient (Wildman–Crippen LogP) is 5.36. The fraction of sp³-hybridized carbons (Fsp3) is 0.480. The lowest BCUT2D eigenvalue weighted by molar-refractivity contribution is -0.156. The Hall–Kier alpha value is -2.63. The topological polar surface area (TPSA) is 26.3 Å². The molecule has 27 heavy (non-hydrogen) atoms. The van der Waals surface area contributed by atoms with Crippen molar-refractivity contribution in [1.82, 2.24) is 0 Å². The van der Waals surface area contributed by atoms with Crippen LogP contribution in [0.1, 0.15) is 71.3 Å². The van der Waals surface area contributed by atoms with Gasteiger partial charge in [0.25, 0.3) is 0 Å². The van der Waals surface area contributed by atoms with Gasteiger partial charge in [-0.3, -0.25) is 4.79 Å². The number of hydrogen-bond donors (Lipinski definition) is 0. The Morgan fingerprint density at radius 2 is 1.70 bits per heavy atom. The van der Waals surface area contributed by atoms with Crippen LogP contribution in [0.3, 0.4) is 0 Å². The molecule has 0 amide bonds. The summed E-state index contributed by atoms with van der Waals surface area (Å²) in [4.78, 5) is 12.2. The van der Waals surface area contributed by atoms with Gasteiger partial charge in [0.2, 0.25) is 0 Å². The summed E-state index contributed by atoms with van der Waals surface area (Å²) >= 11 is 0. The second kappa shape index (κ2) is 12.7. The Labute approximate surface area is 165 Å². The van der Waals surface area contributed by atoms with Gasteiger partial charge in [-0.05, 0) is 58.6 Å². The van der Waals surface area contributed by atoms with Crippen molar-refractivity contribution in [1.29, 1.82) is 0 Å². The maximum atomic E-state index is 12.2. The standard InChI is InChI=1S/C25H30O2/c1-5-6-7-8-9-15-20-23(27-24(26)25(2,3)4)21-16-11-14-19-22-17-12-10-13-18-22/h1,10,12-13,17-18,23H,6-9,11,16,21H2,2-4H3. The Bertz CT molecular complexity index is 724. The van der Waals surface area contributed by atoms with Crippen LogP contribution in [0.15, 0.2) is 30.3 Å². The first kappa shape index (κ1) is 22.4. The van der Waals surface area contributed by atoms with Gasteiger partial charge in [-0.1, -0.05) is 41.9 Å². The second-order valence-electron chi connectivity index (χ2n) is 7.44. The summed E-state index contributed by atoms with van der Waals surface area (Å²) in [7, 11) is 0. The lowest BCUT2D eigenvalue weighted by atomic mass is 9.97. The maximum Gasteiger partial charge on any atom is 0.312 e. The minimum Gasteiger partial charge on any atom is -0.449 e. The van der Waals surface area contributed by atoms with E-state index in [-0.39, 0.29) is 12.1 Å². The number of esters is 1. The highest BCUT2D eigenvalue weighted by Crippen LogP contribution is 2.18. The van der Waals surface area contributed by atoms with Crippen LogP contribution >= 0.6 is 0 Å². The molecule has 1 aromatic rings. The Morgan fingerprint density at radius 1 is 1.04 bits per heavy atom. The molecule has 1 rings (SSSR count). The summed E-state index contributed by atoms with van der Waals surface area (Å²) in [6.45, 7) is 5.56. The normalized spacial score (nSPS) is 11.2. The van der Waals surface area contributed by atoms with Crippen LogP contribution < -0.4 is 0 Å². The second-order valence-corrected chi connectivity index (χ2v) is 7.44. The van der Waals surface area contributed by atoms with E-state index < -0.39 is 5.41 Å². The molecule has 1 atom stereocenters. The number of terminal acetylenes is 1. The average molecular weight is 363 g/mol. The fourth-order valence-electron chi connectivity index (χ4n) is 2.15. The number of hydrogen-bond acceptors (Lipinski definition) is 2. The molecule has 1 unspecified atom stereocenters. The molecule has 0 bridgehead atoms. The molecule has 0 radical (unpaired) electrons. The summed E-state index contributed by atoms with van der Waals surface area (Å²) in [6.07, 6.45) is 10.7. The molecule has 0 aliphatic heterocycles. The third-order valence-electron chi connectivity index (χ3n) is 3.77. The van der Waals surface area contributed by atoms with Gasteiger partial charge < -0.3 is 4.74 Å². The van der Waals surface area contributed by atoms with Gasteiger partial charge in [0.1, 0.15) is 0 Å². The summed E-state index contributed by atoms with van der Waals surface area (Å²) < 4.78 is 5.61. The number of rotatable bonds is 7. The third kappa shape index (κ3) is 10.8. The van der Waals surface area contributed by atoms with E-state index in [0.29, 0.717) is 6.42 Å². The van der Waals surface area contributed by atoms with Gasteiger partial charge in [-0.15, -0.1) is 12.3 Å². The highest BCUT2D eigenvalue weighted by Gasteiger charge is 2.25. The first-order chi connectivity index (χ1) is 12.9. The molecule has 0 fully saturated rings. The van der Waals surface area contributed by atoms with Crippen molar-refractivity contribution in [3.63, 3.8) is 0 Å². The van der Waals surface area contributed by atoms with E-state index in [1.807, 2.05) is 51.1 Å². The van der Waals surface area contributed by atoms with E-state index in [4.69, 9.17) is 11.2 Å². The quantitative estimate of drug-likeness (QED) is 0.371. The van der Waals surface area contributed by atoms with E-state index in [0.717, 1.165) is 44.1 Å². The van der Waals surface area contributed by atoms with Crippen LogP contribution in [0.4, 0.5) is 0 Å². The molecule has 142 valence electrons. The largest absolute Gasteiger partial charge is 0.449 e. The zero-order chi connectivity index (χ0) is 20.0. The number of unbranched alkanes of at least 4 members (excludes halogenated alkanes) is 4. The Morgan fingerprint density at radius 3 is 2.37 bits per heavy atom. The number of benzene rings is 1. The van der Waals surface area contributed by atoms with Crippen molar-refractivity contribution >= 4 is 5.97 Å². The summed E-state index contributed by atoms with van der Waals surface area (Å²) in [5, 5.41) is 0. The van der Waals surface area contributed by atoms with Crippen LogP contribution in [-0.2, 0) is 9.53 Å². The Kier molecular flexibility index (Phi) is 10.5. The van der Waals surface area contributed by atoms with Crippen molar-refractivity contribution in [2.45, 2.75) is 71.8 Å². The van der Waals surface area contributed by atoms with Gasteiger partial charge in [0.15, 0.2) is 6.10 Å². The summed E-state index contributed by atoms with van der Waals surface area (Å²) in [6, 6.07) is 9.92. The minimum atomic E-state index is -0.528. The smallest absolute Gasteiger partial charge is 0.312 e. The highest BCUT2D eigenvalue weighted by molar-refractivity contribution is 5.75. The van der Waals surface area contributed by atoms with E-state index in [1.165, 1.54) is 0 Å². The predicted molar refractivity (Wildman–Crippen MR) is 112 cm³/mol. The molecule has 0 spiro atoms. The van der Waals surface area contributed by atoms with Gasteiger partial charge in [-0.25, -0.2) is 0 Å². The van der Waals surface area contributed by atoms with Crippen LogP contribution in [0.5, 0.6) is 0 Å². The van der Waals surface area contributed by atoms with E-state index >= 15 is 0 Å². The summed E-state index contributed by atoms with van der Waals surface area (Å²) in [5.41, 5.74) is 0.486.